The molecule has 2 aromatic heterocycles. The fourth-order valence-corrected chi connectivity index (χ4v) is 2.45. The standard InChI is InChI=1S/C15H11N3O3S/c19-15(14-7-11-9-16-6-5-13(11)18-14)17-8-10-1-3-12(4-2-10)22(20)21/h1-7,9H,8H2,(H-,16,17,18,19)/p+1. The first-order valence-electron chi connectivity index (χ1n) is 6.52. The maximum atomic E-state index is 12.1. The number of pyridine rings is 1. The van der Waals surface area contributed by atoms with E-state index in [1.807, 2.05) is 0 Å². The van der Waals surface area contributed by atoms with Gasteiger partial charge in [-0.05, 0) is 0 Å². The Hall–Kier alpha value is -2.64. The molecule has 0 saturated heterocycles. The van der Waals surface area contributed by atoms with Crippen molar-refractivity contribution in [1.82, 2.24) is 15.3 Å². The quantitative estimate of drug-likeness (QED) is 0.723. The summed E-state index contributed by atoms with van der Waals surface area (Å²) in [4.78, 5) is 19.3. The molecule has 0 radical (unpaired) electrons. The van der Waals surface area contributed by atoms with Gasteiger partial charge in [0.15, 0.2) is 0 Å². The number of hydrogen-bond donors (Lipinski definition) is 2. The van der Waals surface area contributed by atoms with Crippen LogP contribution in [0.1, 0.15) is 16.1 Å². The molecule has 3 aromatic rings. The van der Waals surface area contributed by atoms with Gasteiger partial charge in [-0.25, -0.2) is 0 Å². The van der Waals surface area contributed by atoms with Gasteiger partial charge in [-0.3, -0.25) is 4.98 Å². The number of nitrogens with zero attached hydrogens (tertiary/aromatic N) is 1. The number of hydrogen-bond acceptors (Lipinski definition) is 3. The average molecular weight is 314 g/mol. The number of benzene rings is 1. The first kappa shape index (κ1) is 14.3. The fourth-order valence-electron chi connectivity index (χ4n) is 2.09. The van der Waals surface area contributed by atoms with Crippen molar-refractivity contribution in [3.63, 3.8) is 0 Å². The topological polar surface area (TPSA) is 94.8 Å². The molecule has 0 saturated carbocycles. The number of fused-ring (bicyclic) bond motifs is 1. The summed E-state index contributed by atoms with van der Waals surface area (Å²) in [6.45, 7) is 0.318. The predicted molar refractivity (Wildman–Crippen MR) is 80.8 cm³/mol. The van der Waals surface area contributed by atoms with Gasteiger partial charge in [0.2, 0.25) is 0 Å². The molecule has 110 valence electrons. The summed E-state index contributed by atoms with van der Waals surface area (Å²) < 4.78 is 21.5. The third-order valence-corrected chi connectivity index (χ3v) is 3.89. The third kappa shape index (κ3) is 3.00. The van der Waals surface area contributed by atoms with Crippen LogP contribution >= 0.6 is 0 Å². The van der Waals surface area contributed by atoms with Gasteiger partial charge in [0.25, 0.3) is 0 Å². The molecule has 3 rings (SSSR count). The number of amides is 1. The van der Waals surface area contributed by atoms with E-state index < -0.39 is 10.5 Å². The summed E-state index contributed by atoms with van der Waals surface area (Å²) in [7, 11) is -2.24. The second-order valence-corrected chi connectivity index (χ2v) is 5.65. The number of H-pyrrole nitrogens is 1. The Bertz CT molecular complexity index is 925. The molecule has 2 heterocycles. The Kier molecular flexibility index (Phi) is 3.90. The molecular formula is C15H12N3O3S+. The fraction of sp³-hybridized carbons (Fsp3) is 0.0667. The zero-order chi connectivity index (χ0) is 15.5. The van der Waals surface area contributed by atoms with E-state index in [2.05, 4.69) is 15.3 Å². The van der Waals surface area contributed by atoms with Gasteiger partial charge in [0, 0.05) is 6.20 Å². The van der Waals surface area contributed by atoms with Crippen molar-refractivity contribution in [3.05, 3.63) is 60.0 Å². The summed E-state index contributed by atoms with van der Waals surface area (Å²) in [6.07, 6.45) is 3.34. The maximum absolute atomic E-state index is 12.1. The van der Waals surface area contributed by atoms with Crippen LogP contribution in [0.5, 0.6) is 0 Å². The van der Waals surface area contributed by atoms with Gasteiger partial charge in [-0.2, -0.15) is 0 Å². The number of aromatic amines is 1. The summed E-state index contributed by atoms with van der Waals surface area (Å²) >= 11 is 0. The minimum atomic E-state index is -2.24. The van der Waals surface area contributed by atoms with Gasteiger partial charge in [0.05, 0.1) is 0 Å². The normalized spacial score (nSPS) is 10.5. The molecule has 1 amide bonds. The first-order valence-corrected chi connectivity index (χ1v) is 7.60. The molecule has 1 aromatic carbocycles. The Labute approximate surface area is 127 Å². The van der Waals surface area contributed by atoms with Crippen molar-refractivity contribution in [2.45, 2.75) is 11.4 Å². The molecule has 0 fully saturated rings. The molecule has 0 aliphatic heterocycles. The van der Waals surface area contributed by atoms with Crippen molar-refractivity contribution < 1.29 is 13.0 Å². The van der Waals surface area contributed by atoms with Crippen molar-refractivity contribution in [1.29, 1.82) is 0 Å². The van der Waals surface area contributed by atoms with Crippen molar-refractivity contribution in [2.24, 2.45) is 0 Å². The molecule has 0 bridgehead atoms. The zero-order valence-corrected chi connectivity index (χ0v) is 12.2. The van der Waals surface area contributed by atoms with Crippen LogP contribution in [0.2, 0.25) is 0 Å². The Morgan fingerprint density at radius 1 is 1.27 bits per heavy atom. The van der Waals surface area contributed by atoms with E-state index in [0.717, 1.165) is 16.5 Å². The molecule has 0 atom stereocenters. The molecular weight excluding hydrogens is 302 g/mol. The summed E-state index contributed by atoms with van der Waals surface area (Å²) in [5, 5.41) is 3.65. The summed E-state index contributed by atoms with van der Waals surface area (Å²) in [5.41, 5.74) is 2.13. The van der Waals surface area contributed by atoms with Gasteiger partial charge in [-0.1, -0.05) is 0 Å². The Morgan fingerprint density at radius 3 is 2.73 bits per heavy atom. The monoisotopic (exact) mass is 314 g/mol. The van der Waals surface area contributed by atoms with Crippen LogP contribution < -0.4 is 5.32 Å². The van der Waals surface area contributed by atoms with Crippen molar-refractivity contribution in [3.8, 4) is 0 Å². The molecule has 2 N–H and O–H groups in total. The molecule has 7 heteroatoms. The van der Waals surface area contributed by atoms with Gasteiger partial charge in [0.1, 0.15) is 0 Å². The second-order valence-electron chi connectivity index (χ2n) is 4.71. The molecule has 22 heavy (non-hydrogen) atoms. The van der Waals surface area contributed by atoms with E-state index in [9.17, 15) is 13.0 Å². The molecule has 0 unspecified atom stereocenters. The zero-order valence-electron chi connectivity index (χ0n) is 11.4. The average Bonchev–Trinajstić information content (AvgIpc) is 2.97. The first-order chi connectivity index (χ1) is 10.6. The second kappa shape index (κ2) is 6.00. The van der Waals surface area contributed by atoms with E-state index in [1.54, 1.807) is 36.7 Å². The molecule has 0 aliphatic carbocycles. The number of aromatic nitrogens is 2. The van der Waals surface area contributed by atoms with E-state index >= 15 is 0 Å². The van der Waals surface area contributed by atoms with Crippen LogP contribution in [-0.2, 0) is 21.1 Å². The van der Waals surface area contributed by atoms with E-state index in [4.69, 9.17) is 0 Å². The van der Waals surface area contributed by atoms with Crippen molar-refractivity contribution in [2.75, 3.05) is 0 Å². The van der Waals surface area contributed by atoms with Gasteiger partial charge in [-0.15, -0.1) is 0 Å². The molecule has 0 aliphatic rings. The van der Waals surface area contributed by atoms with Crippen LogP contribution in [0, 0.1) is 0 Å². The third-order valence-electron chi connectivity index (χ3n) is 3.23. The van der Waals surface area contributed by atoms with E-state index in [0.29, 0.717) is 12.2 Å². The number of carbonyl (C=O) groups is 1. The predicted octanol–water partition coefficient (Wildman–Crippen LogP) is 1.95. The van der Waals surface area contributed by atoms with Gasteiger partial charge < -0.3 is 0 Å². The van der Waals surface area contributed by atoms with Crippen LogP contribution in [0.15, 0.2) is 53.7 Å². The number of nitrogens with one attached hydrogen (secondary N) is 2. The summed E-state index contributed by atoms with van der Waals surface area (Å²) in [6, 6.07) is 9.87. The van der Waals surface area contributed by atoms with E-state index in [-0.39, 0.29) is 10.8 Å². The van der Waals surface area contributed by atoms with Crippen molar-refractivity contribution >= 4 is 27.4 Å². The molecule has 0 spiro atoms. The van der Waals surface area contributed by atoms with Crippen LogP contribution in [-0.4, -0.2) is 20.1 Å². The van der Waals surface area contributed by atoms with E-state index in [1.165, 1.54) is 12.1 Å². The van der Waals surface area contributed by atoms with Crippen LogP contribution in [0.4, 0.5) is 0 Å². The van der Waals surface area contributed by atoms with Crippen LogP contribution in [0.25, 0.3) is 10.9 Å². The Morgan fingerprint density at radius 2 is 2.05 bits per heavy atom. The number of carbonyl (C=O) groups excluding carboxylic acids is 1. The van der Waals surface area contributed by atoms with Crippen LogP contribution in [0.3, 0.4) is 0 Å². The minimum absolute atomic E-state index is 0.221. The number of rotatable bonds is 3. The Balaban J connectivity index is 1.69. The SMILES string of the molecule is O=C(NCc1ccc(S(=O)#[O+])cc1)c1cc2cnccc2[nH]1. The summed E-state index contributed by atoms with van der Waals surface area (Å²) in [5.74, 6) is -0.229. The van der Waals surface area contributed by atoms with Gasteiger partial charge >= 0.3 is 116 Å². The molecule has 6 nitrogen and oxygen atoms in total.